The maximum Gasteiger partial charge on any atom is 0.239 e. The van der Waals surface area contributed by atoms with E-state index in [-0.39, 0.29) is 11.9 Å². The highest BCUT2D eigenvalue weighted by atomic mass is 16.2. The van der Waals surface area contributed by atoms with Gasteiger partial charge in [0.05, 0.1) is 6.04 Å². The molecule has 0 bridgehead atoms. The molecule has 0 aromatic heterocycles. The first-order chi connectivity index (χ1) is 9.08. The molecule has 0 spiro atoms. The first-order valence-electron chi connectivity index (χ1n) is 7.17. The molecule has 0 aliphatic carbocycles. The van der Waals surface area contributed by atoms with Gasteiger partial charge in [0.25, 0.3) is 0 Å². The Balaban J connectivity index is 1.93. The van der Waals surface area contributed by atoms with Crippen LogP contribution < -0.4 is 5.73 Å². The molecule has 2 rings (SSSR count). The molecule has 1 aliphatic heterocycles. The summed E-state index contributed by atoms with van der Waals surface area (Å²) < 4.78 is 0. The van der Waals surface area contributed by atoms with Gasteiger partial charge in [0.2, 0.25) is 5.91 Å². The van der Waals surface area contributed by atoms with Crippen LogP contribution in [0.25, 0.3) is 0 Å². The zero-order valence-electron chi connectivity index (χ0n) is 11.9. The van der Waals surface area contributed by atoms with Gasteiger partial charge in [-0.1, -0.05) is 44.2 Å². The molecule has 1 aliphatic rings. The van der Waals surface area contributed by atoms with Gasteiger partial charge in [-0.25, -0.2) is 0 Å². The SMILES string of the molecule is CC(C)CC(N)C(=O)N1CCC(c2ccccc2)C1. The lowest BCUT2D eigenvalue weighted by atomic mass is 9.99. The number of carbonyl (C=O) groups is 1. The molecule has 0 saturated carbocycles. The van der Waals surface area contributed by atoms with Crippen molar-refractivity contribution < 1.29 is 4.79 Å². The minimum atomic E-state index is -0.338. The summed E-state index contributed by atoms with van der Waals surface area (Å²) in [7, 11) is 0. The first-order valence-corrected chi connectivity index (χ1v) is 7.17. The van der Waals surface area contributed by atoms with Crippen LogP contribution in [0.1, 0.15) is 38.2 Å². The zero-order chi connectivity index (χ0) is 13.8. The van der Waals surface area contributed by atoms with Gasteiger partial charge in [-0.2, -0.15) is 0 Å². The van der Waals surface area contributed by atoms with Crippen molar-refractivity contribution in [3.63, 3.8) is 0 Å². The van der Waals surface area contributed by atoms with Crippen molar-refractivity contribution in [2.75, 3.05) is 13.1 Å². The van der Waals surface area contributed by atoms with Crippen molar-refractivity contribution in [2.24, 2.45) is 11.7 Å². The van der Waals surface area contributed by atoms with E-state index in [2.05, 4.69) is 38.1 Å². The molecule has 1 aromatic rings. The van der Waals surface area contributed by atoms with Crippen LogP contribution >= 0.6 is 0 Å². The quantitative estimate of drug-likeness (QED) is 0.903. The molecular formula is C16H24N2O. The minimum Gasteiger partial charge on any atom is -0.341 e. The predicted molar refractivity (Wildman–Crippen MR) is 77.8 cm³/mol. The Morgan fingerprint density at radius 3 is 2.68 bits per heavy atom. The van der Waals surface area contributed by atoms with E-state index in [0.29, 0.717) is 11.8 Å². The van der Waals surface area contributed by atoms with E-state index in [4.69, 9.17) is 5.73 Å². The molecule has 1 saturated heterocycles. The molecule has 2 unspecified atom stereocenters. The van der Waals surface area contributed by atoms with Crippen LogP contribution in [-0.2, 0) is 4.79 Å². The Labute approximate surface area is 115 Å². The summed E-state index contributed by atoms with van der Waals surface area (Å²) in [5.41, 5.74) is 7.32. The molecule has 104 valence electrons. The number of benzene rings is 1. The molecule has 2 atom stereocenters. The van der Waals surface area contributed by atoms with Gasteiger partial charge in [0.1, 0.15) is 0 Å². The van der Waals surface area contributed by atoms with Crippen LogP contribution in [0.15, 0.2) is 30.3 Å². The highest BCUT2D eigenvalue weighted by molar-refractivity contribution is 5.82. The van der Waals surface area contributed by atoms with E-state index < -0.39 is 0 Å². The Morgan fingerprint density at radius 2 is 2.05 bits per heavy atom. The Bertz CT molecular complexity index is 416. The Hall–Kier alpha value is -1.35. The molecule has 0 radical (unpaired) electrons. The molecule has 19 heavy (non-hydrogen) atoms. The lowest BCUT2D eigenvalue weighted by molar-refractivity contribution is -0.131. The number of hydrogen-bond donors (Lipinski definition) is 1. The van der Waals surface area contributed by atoms with Crippen molar-refractivity contribution in [1.82, 2.24) is 4.90 Å². The molecule has 2 N–H and O–H groups in total. The van der Waals surface area contributed by atoms with Crippen molar-refractivity contribution in [3.8, 4) is 0 Å². The number of rotatable bonds is 4. The number of hydrogen-bond acceptors (Lipinski definition) is 2. The van der Waals surface area contributed by atoms with Crippen molar-refractivity contribution in [3.05, 3.63) is 35.9 Å². The van der Waals surface area contributed by atoms with E-state index >= 15 is 0 Å². The third kappa shape index (κ3) is 3.57. The summed E-state index contributed by atoms with van der Waals surface area (Å²) in [6.45, 7) is 5.85. The lowest BCUT2D eigenvalue weighted by Gasteiger charge is -2.22. The van der Waals surface area contributed by atoms with Crippen LogP contribution in [0.2, 0.25) is 0 Å². The second-order valence-corrected chi connectivity index (χ2v) is 5.92. The summed E-state index contributed by atoms with van der Waals surface area (Å²) in [6, 6.07) is 10.1. The standard InChI is InChI=1S/C16H24N2O/c1-12(2)10-15(17)16(19)18-9-8-14(11-18)13-6-4-3-5-7-13/h3-7,12,14-15H,8-11,17H2,1-2H3. The fourth-order valence-corrected chi connectivity index (χ4v) is 2.80. The Morgan fingerprint density at radius 1 is 1.37 bits per heavy atom. The van der Waals surface area contributed by atoms with Gasteiger partial charge in [-0.15, -0.1) is 0 Å². The van der Waals surface area contributed by atoms with Crippen LogP contribution in [-0.4, -0.2) is 29.9 Å². The second kappa shape index (κ2) is 6.20. The molecule has 3 heteroatoms. The number of likely N-dealkylation sites (tertiary alicyclic amines) is 1. The maximum atomic E-state index is 12.3. The first kappa shape index (κ1) is 14.1. The zero-order valence-corrected chi connectivity index (χ0v) is 11.9. The number of nitrogens with zero attached hydrogens (tertiary/aromatic N) is 1. The van der Waals surface area contributed by atoms with Gasteiger partial charge in [-0.05, 0) is 24.3 Å². The molecule has 1 fully saturated rings. The molecule has 1 aromatic carbocycles. The van der Waals surface area contributed by atoms with Gasteiger partial charge in [0, 0.05) is 19.0 Å². The van der Waals surface area contributed by atoms with E-state index in [1.807, 2.05) is 11.0 Å². The molecule has 1 heterocycles. The van der Waals surface area contributed by atoms with Gasteiger partial charge >= 0.3 is 0 Å². The number of amides is 1. The largest absolute Gasteiger partial charge is 0.341 e. The highest BCUT2D eigenvalue weighted by Crippen LogP contribution is 2.27. The smallest absolute Gasteiger partial charge is 0.239 e. The second-order valence-electron chi connectivity index (χ2n) is 5.92. The topological polar surface area (TPSA) is 46.3 Å². The average Bonchev–Trinajstić information content (AvgIpc) is 2.87. The molecular weight excluding hydrogens is 236 g/mol. The lowest BCUT2D eigenvalue weighted by Crippen LogP contribution is -2.43. The summed E-state index contributed by atoms with van der Waals surface area (Å²) in [5, 5.41) is 0. The third-order valence-corrected chi connectivity index (χ3v) is 3.81. The third-order valence-electron chi connectivity index (χ3n) is 3.81. The van der Waals surface area contributed by atoms with Crippen LogP contribution in [0.5, 0.6) is 0 Å². The van der Waals surface area contributed by atoms with Crippen LogP contribution in [0, 0.1) is 5.92 Å². The van der Waals surface area contributed by atoms with Crippen molar-refractivity contribution >= 4 is 5.91 Å². The van der Waals surface area contributed by atoms with Gasteiger partial charge < -0.3 is 10.6 Å². The fourth-order valence-electron chi connectivity index (χ4n) is 2.80. The van der Waals surface area contributed by atoms with E-state index in [1.165, 1.54) is 5.56 Å². The van der Waals surface area contributed by atoms with Crippen molar-refractivity contribution in [1.29, 1.82) is 0 Å². The normalized spacial score (nSPS) is 20.8. The van der Waals surface area contributed by atoms with E-state index in [9.17, 15) is 4.79 Å². The molecule has 3 nitrogen and oxygen atoms in total. The van der Waals surface area contributed by atoms with Gasteiger partial charge in [-0.3, -0.25) is 4.79 Å². The summed E-state index contributed by atoms with van der Waals surface area (Å²) in [6.07, 6.45) is 1.81. The monoisotopic (exact) mass is 260 g/mol. The van der Waals surface area contributed by atoms with E-state index in [0.717, 1.165) is 25.9 Å². The highest BCUT2D eigenvalue weighted by Gasteiger charge is 2.30. The average molecular weight is 260 g/mol. The summed E-state index contributed by atoms with van der Waals surface area (Å²) in [5.74, 6) is 1.05. The fraction of sp³-hybridized carbons (Fsp3) is 0.562. The minimum absolute atomic E-state index is 0.118. The number of nitrogens with two attached hydrogens (primary N) is 1. The van der Waals surface area contributed by atoms with Crippen LogP contribution in [0.3, 0.4) is 0 Å². The van der Waals surface area contributed by atoms with Gasteiger partial charge in [0.15, 0.2) is 0 Å². The maximum absolute atomic E-state index is 12.3. The number of carbonyl (C=O) groups excluding carboxylic acids is 1. The van der Waals surface area contributed by atoms with Crippen LogP contribution in [0.4, 0.5) is 0 Å². The summed E-state index contributed by atoms with van der Waals surface area (Å²) >= 11 is 0. The molecule has 1 amide bonds. The summed E-state index contributed by atoms with van der Waals surface area (Å²) in [4.78, 5) is 14.2. The predicted octanol–water partition coefficient (Wildman–Crippen LogP) is 2.38. The van der Waals surface area contributed by atoms with E-state index in [1.54, 1.807) is 0 Å². The Kier molecular flexibility index (Phi) is 4.59. The van der Waals surface area contributed by atoms with Crippen molar-refractivity contribution in [2.45, 2.75) is 38.6 Å².